The minimum Gasteiger partial charge on any atom is -0.508 e. The van der Waals surface area contributed by atoms with Gasteiger partial charge in [0.1, 0.15) is 29.9 Å². The molecule has 4 amide bonds. The highest BCUT2D eigenvalue weighted by molar-refractivity contribution is 7.98. The van der Waals surface area contributed by atoms with Crippen LogP contribution in [0.15, 0.2) is 24.3 Å². The van der Waals surface area contributed by atoms with E-state index in [1.165, 1.54) is 43.0 Å². The molecule has 200 valence electrons. The first kappa shape index (κ1) is 30.7. The predicted octanol–water partition coefficient (Wildman–Crippen LogP) is -2.19. The predicted molar refractivity (Wildman–Crippen MR) is 132 cm³/mol. The molecule has 0 aliphatic rings. The van der Waals surface area contributed by atoms with Gasteiger partial charge in [-0.15, -0.1) is 0 Å². The Morgan fingerprint density at radius 2 is 1.47 bits per heavy atom. The zero-order valence-corrected chi connectivity index (χ0v) is 20.8. The zero-order valence-electron chi connectivity index (χ0n) is 20.0. The van der Waals surface area contributed by atoms with Gasteiger partial charge in [0.15, 0.2) is 0 Å². The summed E-state index contributed by atoms with van der Waals surface area (Å²) in [4.78, 5) is 61.3. The normalized spacial score (nSPS) is 15.0. The number of rotatable bonds is 15. The highest BCUT2D eigenvalue weighted by Gasteiger charge is 2.31. The Morgan fingerprint density at radius 3 is 1.97 bits per heavy atom. The van der Waals surface area contributed by atoms with Crippen molar-refractivity contribution in [1.29, 1.82) is 0 Å². The third-order valence-corrected chi connectivity index (χ3v) is 5.74. The molecule has 0 bridgehead atoms. The van der Waals surface area contributed by atoms with E-state index in [9.17, 15) is 39.3 Å². The Kier molecular flexibility index (Phi) is 12.7. The third-order valence-electron chi connectivity index (χ3n) is 5.10. The second kappa shape index (κ2) is 14.9. The van der Waals surface area contributed by atoms with E-state index in [1.807, 2.05) is 0 Å². The third kappa shape index (κ3) is 10.5. The molecule has 13 nitrogen and oxygen atoms in total. The van der Waals surface area contributed by atoms with Gasteiger partial charge in [-0.3, -0.25) is 19.2 Å². The van der Waals surface area contributed by atoms with Crippen LogP contribution >= 0.6 is 11.8 Å². The van der Waals surface area contributed by atoms with Crippen LogP contribution in [0.1, 0.15) is 25.3 Å². The number of aliphatic carboxylic acids is 1. The maximum absolute atomic E-state index is 12.9. The van der Waals surface area contributed by atoms with E-state index in [4.69, 9.17) is 11.5 Å². The van der Waals surface area contributed by atoms with E-state index in [0.717, 1.165) is 0 Å². The number of primary amides is 1. The van der Waals surface area contributed by atoms with Crippen LogP contribution in [0.3, 0.4) is 0 Å². The molecule has 0 aliphatic heterocycles. The van der Waals surface area contributed by atoms with Crippen LogP contribution in [0.2, 0.25) is 0 Å². The van der Waals surface area contributed by atoms with Crippen LogP contribution in [-0.4, -0.2) is 87.2 Å². The number of phenols is 1. The summed E-state index contributed by atoms with van der Waals surface area (Å²) in [6, 6.07) is 0.313. The summed E-state index contributed by atoms with van der Waals surface area (Å²) in [5.41, 5.74) is 11.3. The standard InChI is InChI=1S/C22H33N5O8S/c1-11(28)18(24)21(33)25-14(7-8-36-2)19(31)26-15(10-17(23)30)20(32)27-16(22(34)35)9-12-3-5-13(29)6-4-12/h3-6,11,14-16,18,28-29H,7-10,24H2,1-2H3,(H2,23,30)(H,25,33)(H,26,31)(H,27,32)(H,34,35). The van der Waals surface area contributed by atoms with Gasteiger partial charge in [0, 0.05) is 6.42 Å². The lowest BCUT2D eigenvalue weighted by atomic mass is 10.0. The summed E-state index contributed by atoms with van der Waals surface area (Å²) in [6.45, 7) is 1.31. The maximum atomic E-state index is 12.9. The minimum absolute atomic E-state index is 0.0172. The van der Waals surface area contributed by atoms with Gasteiger partial charge in [-0.1, -0.05) is 12.1 Å². The first-order valence-corrected chi connectivity index (χ1v) is 12.4. The number of aliphatic hydroxyl groups excluding tert-OH is 1. The lowest BCUT2D eigenvalue weighted by Gasteiger charge is -2.25. The van der Waals surface area contributed by atoms with E-state index in [2.05, 4.69) is 16.0 Å². The number of carbonyl (C=O) groups excluding carboxylic acids is 4. The second-order valence-electron chi connectivity index (χ2n) is 8.11. The summed E-state index contributed by atoms with van der Waals surface area (Å²) >= 11 is 1.39. The molecule has 1 aromatic rings. The number of carbonyl (C=O) groups is 5. The van der Waals surface area contributed by atoms with Crippen molar-refractivity contribution in [2.24, 2.45) is 11.5 Å². The van der Waals surface area contributed by atoms with Gasteiger partial charge in [0.05, 0.1) is 12.5 Å². The van der Waals surface area contributed by atoms with Crippen molar-refractivity contribution in [1.82, 2.24) is 16.0 Å². The maximum Gasteiger partial charge on any atom is 0.326 e. The van der Waals surface area contributed by atoms with Crippen molar-refractivity contribution in [2.75, 3.05) is 12.0 Å². The van der Waals surface area contributed by atoms with Crippen LogP contribution < -0.4 is 27.4 Å². The van der Waals surface area contributed by atoms with Crippen LogP contribution in [0.4, 0.5) is 0 Å². The molecule has 1 aromatic carbocycles. The summed E-state index contributed by atoms with van der Waals surface area (Å²) in [6.07, 6.45) is -0.0117. The lowest BCUT2D eigenvalue weighted by molar-refractivity contribution is -0.142. The molecule has 10 N–H and O–H groups in total. The number of carboxylic acids is 1. The molecule has 14 heteroatoms. The first-order valence-electron chi connectivity index (χ1n) is 11.0. The van der Waals surface area contributed by atoms with Crippen molar-refractivity contribution in [3.63, 3.8) is 0 Å². The number of nitrogens with two attached hydrogens (primary N) is 2. The number of aliphatic hydroxyl groups is 1. The average Bonchev–Trinajstić information content (AvgIpc) is 2.80. The first-order chi connectivity index (χ1) is 16.8. The van der Waals surface area contributed by atoms with E-state index in [1.54, 1.807) is 6.26 Å². The smallest absolute Gasteiger partial charge is 0.326 e. The average molecular weight is 528 g/mol. The Bertz CT molecular complexity index is 928. The van der Waals surface area contributed by atoms with E-state index in [-0.39, 0.29) is 18.6 Å². The summed E-state index contributed by atoms with van der Waals surface area (Å²) in [5.74, 6) is -4.44. The van der Waals surface area contributed by atoms with Gasteiger partial charge in [0.2, 0.25) is 23.6 Å². The second-order valence-corrected chi connectivity index (χ2v) is 9.10. The molecule has 0 aromatic heterocycles. The topological polar surface area (TPSA) is 234 Å². The quantitative estimate of drug-likeness (QED) is 0.123. The Morgan fingerprint density at radius 1 is 0.944 bits per heavy atom. The molecule has 0 saturated heterocycles. The molecular formula is C22H33N5O8S. The molecule has 5 atom stereocenters. The zero-order chi connectivity index (χ0) is 27.4. The van der Waals surface area contributed by atoms with Gasteiger partial charge in [0.25, 0.3) is 0 Å². The number of hydrogen-bond acceptors (Lipinski definition) is 9. The highest BCUT2D eigenvalue weighted by atomic mass is 32.2. The fourth-order valence-corrected chi connectivity index (χ4v) is 3.49. The van der Waals surface area contributed by atoms with Crippen LogP contribution in [0.25, 0.3) is 0 Å². The fraction of sp³-hybridized carbons (Fsp3) is 0.500. The van der Waals surface area contributed by atoms with Gasteiger partial charge < -0.3 is 42.7 Å². The summed E-state index contributed by atoms with van der Waals surface area (Å²) in [7, 11) is 0. The minimum atomic E-state index is -1.52. The van der Waals surface area contributed by atoms with Gasteiger partial charge in [-0.05, 0) is 43.0 Å². The number of amides is 4. The Balaban J connectivity index is 3.01. The van der Waals surface area contributed by atoms with Crippen LogP contribution in [0, 0.1) is 0 Å². The van der Waals surface area contributed by atoms with Crippen molar-refractivity contribution >= 4 is 41.4 Å². The van der Waals surface area contributed by atoms with E-state index >= 15 is 0 Å². The molecule has 0 fully saturated rings. The lowest BCUT2D eigenvalue weighted by Crippen LogP contribution is -2.58. The number of phenolic OH excluding ortho intramolecular Hbond substituents is 1. The van der Waals surface area contributed by atoms with Crippen LogP contribution in [-0.2, 0) is 30.4 Å². The molecule has 0 saturated carbocycles. The summed E-state index contributed by atoms with van der Waals surface area (Å²) < 4.78 is 0. The molecule has 0 radical (unpaired) electrons. The number of nitrogens with one attached hydrogen (secondary N) is 3. The molecule has 0 spiro atoms. The largest absolute Gasteiger partial charge is 0.508 e. The fourth-order valence-electron chi connectivity index (χ4n) is 3.01. The van der Waals surface area contributed by atoms with E-state index in [0.29, 0.717) is 11.3 Å². The van der Waals surface area contributed by atoms with Gasteiger partial charge >= 0.3 is 5.97 Å². The summed E-state index contributed by atoms with van der Waals surface area (Å²) in [5, 5.41) is 35.5. The van der Waals surface area contributed by atoms with Gasteiger partial charge in [-0.2, -0.15) is 11.8 Å². The van der Waals surface area contributed by atoms with Gasteiger partial charge in [-0.25, -0.2) is 4.79 Å². The molecule has 1 rings (SSSR count). The monoisotopic (exact) mass is 527 g/mol. The molecular weight excluding hydrogens is 494 g/mol. The van der Waals surface area contributed by atoms with Crippen molar-refractivity contribution in [2.45, 2.75) is 56.5 Å². The van der Waals surface area contributed by atoms with Crippen LogP contribution in [0.5, 0.6) is 5.75 Å². The number of benzene rings is 1. The number of hydrogen-bond donors (Lipinski definition) is 8. The Labute approximate surface area is 212 Å². The molecule has 0 heterocycles. The van der Waals surface area contributed by atoms with E-state index < -0.39 is 66.3 Å². The molecule has 5 unspecified atom stereocenters. The van der Waals surface area contributed by atoms with Crippen molar-refractivity contribution < 1.29 is 39.3 Å². The molecule has 36 heavy (non-hydrogen) atoms. The molecule has 0 aliphatic carbocycles. The number of carboxylic acid groups (broad SMARTS) is 1. The van der Waals surface area contributed by atoms with Crippen molar-refractivity contribution in [3.05, 3.63) is 29.8 Å². The SMILES string of the molecule is CSCCC(NC(=O)C(N)C(C)O)C(=O)NC(CC(N)=O)C(=O)NC(Cc1ccc(O)cc1)C(=O)O. The highest BCUT2D eigenvalue weighted by Crippen LogP contribution is 2.12. The van der Waals surface area contributed by atoms with Crippen molar-refractivity contribution in [3.8, 4) is 5.75 Å². The Hall–Kier alpha value is -3.36. The number of thioether (sulfide) groups is 1. The number of aromatic hydroxyl groups is 1.